The van der Waals surface area contributed by atoms with Gasteiger partial charge in [-0.1, -0.05) is 19.3 Å². The van der Waals surface area contributed by atoms with E-state index in [0.29, 0.717) is 23.9 Å². The molecular formula is C16H29N3O. The zero-order valence-corrected chi connectivity index (χ0v) is 12.5. The van der Waals surface area contributed by atoms with Crippen LogP contribution in [0.2, 0.25) is 0 Å². The standard InChI is InChI=1S/C16H29N3O/c17-10-12-4-2-1-3-5-15(12)19-9-8-14-13(11-19)6-7-16(20)18-14/h12-15H,1-11,17H2,(H,18,20). The third-order valence-electron chi connectivity index (χ3n) is 5.74. The summed E-state index contributed by atoms with van der Waals surface area (Å²) >= 11 is 0. The number of rotatable bonds is 2. The molecule has 0 aromatic heterocycles. The Labute approximate surface area is 122 Å². The number of nitrogens with zero attached hydrogens (tertiary/aromatic N) is 1. The van der Waals surface area contributed by atoms with Gasteiger partial charge in [0.15, 0.2) is 0 Å². The van der Waals surface area contributed by atoms with Crippen LogP contribution in [-0.4, -0.2) is 42.5 Å². The van der Waals surface area contributed by atoms with Gasteiger partial charge in [-0.05, 0) is 44.1 Å². The molecule has 4 heteroatoms. The molecule has 2 saturated heterocycles. The summed E-state index contributed by atoms with van der Waals surface area (Å²) in [4.78, 5) is 14.2. The lowest BCUT2D eigenvalue weighted by atomic mass is 9.83. The van der Waals surface area contributed by atoms with Crippen LogP contribution in [0.4, 0.5) is 0 Å². The molecule has 3 rings (SSSR count). The van der Waals surface area contributed by atoms with Gasteiger partial charge in [-0.2, -0.15) is 0 Å². The molecule has 20 heavy (non-hydrogen) atoms. The molecule has 3 N–H and O–H groups in total. The Morgan fingerprint density at radius 3 is 2.85 bits per heavy atom. The van der Waals surface area contributed by atoms with Crippen molar-refractivity contribution in [3.8, 4) is 0 Å². The number of carbonyl (C=O) groups is 1. The first kappa shape index (κ1) is 14.3. The second-order valence-corrected chi connectivity index (χ2v) is 6.96. The number of hydrogen-bond acceptors (Lipinski definition) is 3. The van der Waals surface area contributed by atoms with Crippen molar-refractivity contribution in [2.24, 2.45) is 17.6 Å². The molecule has 4 nitrogen and oxygen atoms in total. The van der Waals surface area contributed by atoms with E-state index in [1.165, 1.54) is 38.6 Å². The maximum Gasteiger partial charge on any atom is 0.220 e. The van der Waals surface area contributed by atoms with Crippen molar-refractivity contribution in [2.45, 2.75) is 63.5 Å². The molecule has 1 amide bonds. The van der Waals surface area contributed by atoms with Crippen LogP contribution in [0.25, 0.3) is 0 Å². The second kappa shape index (κ2) is 6.44. The molecule has 4 atom stereocenters. The van der Waals surface area contributed by atoms with E-state index >= 15 is 0 Å². The van der Waals surface area contributed by atoms with Gasteiger partial charge in [0.05, 0.1) is 0 Å². The van der Waals surface area contributed by atoms with Crippen LogP contribution in [0, 0.1) is 11.8 Å². The van der Waals surface area contributed by atoms with Crippen molar-refractivity contribution in [1.29, 1.82) is 0 Å². The SMILES string of the molecule is NCC1CCCCCC1N1CCC2NC(=O)CCC2C1. The molecule has 1 aliphatic carbocycles. The highest BCUT2D eigenvalue weighted by Gasteiger charge is 2.37. The van der Waals surface area contributed by atoms with Gasteiger partial charge in [-0.15, -0.1) is 0 Å². The lowest BCUT2D eigenvalue weighted by Gasteiger charge is -2.46. The summed E-state index contributed by atoms with van der Waals surface area (Å²) in [6, 6.07) is 1.13. The Morgan fingerprint density at radius 2 is 2.00 bits per heavy atom. The fraction of sp³-hybridized carbons (Fsp3) is 0.938. The molecule has 3 aliphatic rings. The maximum atomic E-state index is 11.5. The topological polar surface area (TPSA) is 58.4 Å². The molecule has 2 aliphatic heterocycles. The van der Waals surface area contributed by atoms with Crippen LogP contribution in [0.3, 0.4) is 0 Å². The van der Waals surface area contributed by atoms with Gasteiger partial charge in [-0.3, -0.25) is 9.69 Å². The van der Waals surface area contributed by atoms with E-state index in [1.54, 1.807) is 0 Å². The summed E-state index contributed by atoms with van der Waals surface area (Å²) in [7, 11) is 0. The van der Waals surface area contributed by atoms with Gasteiger partial charge in [0, 0.05) is 31.6 Å². The minimum atomic E-state index is 0.258. The molecule has 114 valence electrons. The fourth-order valence-corrected chi connectivity index (χ4v) is 4.56. The maximum absolute atomic E-state index is 11.5. The molecule has 4 unspecified atom stereocenters. The van der Waals surface area contributed by atoms with E-state index in [4.69, 9.17) is 5.73 Å². The highest BCUT2D eigenvalue weighted by atomic mass is 16.1. The van der Waals surface area contributed by atoms with Crippen LogP contribution in [0.1, 0.15) is 51.4 Å². The summed E-state index contributed by atoms with van der Waals surface area (Å²) in [6.07, 6.45) is 9.66. The first-order valence-electron chi connectivity index (χ1n) is 8.51. The van der Waals surface area contributed by atoms with E-state index in [-0.39, 0.29) is 5.91 Å². The largest absolute Gasteiger partial charge is 0.353 e. The fourth-order valence-electron chi connectivity index (χ4n) is 4.56. The lowest BCUT2D eigenvalue weighted by Crippen LogP contribution is -2.57. The second-order valence-electron chi connectivity index (χ2n) is 6.96. The summed E-state index contributed by atoms with van der Waals surface area (Å²) in [5.74, 6) is 1.62. The van der Waals surface area contributed by atoms with Crippen LogP contribution in [0.5, 0.6) is 0 Å². The Morgan fingerprint density at radius 1 is 1.15 bits per heavy atom. The number of carbonyl (C=O) groups excluding carboxylic acids is 1. The van der Waals surface area contributed by atoms with Crippen molar-refractivity contribution >= 4 is 5.91 Å². The predicted molar refractivity (Wildman–Crippen MR) is 80.3 cm³/mol. The molecule has 3 fully saturated rings. The van der Waals surface area contributed by atoms with Crippen molar-refractivity contribution in [1.82, 2.24) is 10.2 Å². The number of hydrogen-bond donors (Lipinski definition) is 2. The van der Waals surface area contributed by atoms with E-state index in [0.717, 1.165) is 32.4 Å². The van der Waals surface area contributed by atoms with Gasteiger partial charge < -0.3 is 11.1 Å². The minimum Gasteiger partial charge on any atom is -0.353 e. The third-order valence-corrected chi connectivity index (χ3v) is 5.74. The zero-order chi connectivity index (χ0) is 13.9. The van der Waals surface area contributed by atoms with Crippen LogP contribution in [0.15, 0.2) is 0 Å². The van der Waals surface area contributed by atoms with Gasteiger partial charge in [-0.25, -0.2) is 0 Å². The average Bonchev–Trinajstić information content (AvgIpc) is 2.71. The van der Waals surface area contributed by atoms with Gasteiger partial charge in [0.2, 0.25) is 5.91 Å². The van der Waals surface area contributed by atoms with E-state index < -0.39 is 0 Å². The molecule has 1 saturated carbocycles. The third kappa shape index (κ3) is 3.01. The van der Waals surface area contributed by atoms with Gasteiger partial charge in [0.25, 0.3) is 0 Å². The quantitative estimate of drug-likeness (QED) is 0.753. The molecule has 0 aromatic rings. The minimum absolute atomic E-state index is 0.258. The normalized spacial score (nSPS) is 39.8. The summed E-state index contributed by atoms with van der Waals surface area (Å²) in [5.41, 5.74) is 6.04. The number of piperidine rings is 2. The Bertz CT molecular complexity index is 347. The van der Waals surface area contributed by atoms with Crippen molar-refractivity contribution in [2.75, 3.05) is 19.6 Å². The molecule has 2 heterocycles. The van der Waals surface area contributed by atoms with Gasteiger partial charge >= 0.3 is 0 Å². The Kier molecular flexibility index (Phi) is 4.61. The number of nitrogens with one attached hydrogen (secondary N) is 1. The molecule has 0 bridgehead atoms. The number of nitrogens with two attached hydrogens (primary N) is 1. The monoisotopic (exact) mass is 279 g/mol. The van der Waals surface area contributed by atoms with E-state index in [1.807, 2.05) is 0 Å². The first-order valence-corrected chi connectivity index (χ1v) is 8.51. The number of amides is 1. The van der Waals surface area contributed by atoms with Crippen molar-refractivity contribution in [3.05, 3.63) is 0 Å². The highest BCUT2D eigenvalue weighted by molar-refractivity contribution is 5.77. The van der Waals surface area contributed by atoms with Crippen molar-refractivity contribution in [3.63, 3.8) is 0 Å². The first-order chi connectivity index (χ1) is 9.78. The highest BCUT2D eigenvalue weighted by Crippen LogP contribution is 2.32. The lowest BCUT2D eigenvalue weighted by molar-refractivity contribution is -0.125. The molecule has 0 aromatic carbocycles. The van der Waals surface area contributed by atoms with E-state index in [2.05, 4.69) is 10.2 Å². The average molecular weight is 279 g/mol. The molecule has 0 radical (unpaired) electrons. The van der Waals surface area contributed by atoms with Crippen LogP contribution < -0.4 is 11.1 Å². The smallest absolute Gasteiger partial charge is 0.220 e. The number of likely N-dealkylation sites (tertiary alicyclic amines) is 1. The Hall–Kier alpha value is -0.610. The molecule has 0 spiro atoms. The molecular weight excluding hydrogens is 250 g/mol. The van der Waals surface area contributed by atoms with Gasteiger partial charge in [0.1, 0.15) is 0 Å². The summed E-state index contributed by atoms with van der Waals surface area (Å²) in [6.45, 7) is 3.15. The predicted octanol–water partition coefficient (Wildman–Crippen LogP) is 1.49. The van der Waals surface area contributed by atoms with E-state index in [9.17, 15) is 4.79 Å². The Balaban J connectivity index is 1.63. The summed E-state index contributed by atoms with van der Waals surface area (Å²) < 4.78 is 0. The van der Waals surface area contributed by atoms with Crippen molar-refractivity contribution < 1.29 is 4.79 Å². The zero-order valence-electron chi connectivity index (χ0n) is 12.5. The van der Waals surface area contributed by atoms with Crippen LogP contribution >= 0.6 is 0 Å². The summed E-state index contributed by atoms with van der Waals surface area (Å²) in [5, 5.41) is 3.19. The number of fused-ring (bicyclic) bond motifs is 1. The van der Waals surface area contributed by atoms with Crippen LogP contribution in [-0.2, 0) is 4.79 Å².